The van der Waals surface area contributed by atoms with Crippen molar-refractivity contribution in [3.8, 4) is 0 Å². The molecule has 1 aliphatic heterocycles. The van der Waals surface area contributed by atoms with E-state index in [4.69, 9.17) is 11.6 Å². The maximum absolute atomic E-state index is 13.4. The number of rotatable bonds is 4. The lowest BCUT2D eigenvalue weighted by molar-refractivity contribution is -0.120. The second-order valence-corrected chi connectivity index (χ2v) is 6.69. The van der Waals surface area contributed by atoms with Gasteiger partial charge in [0.05, 0.1) is 16.3 Å². The monoisotopic (exact) mass is 410 g/mol. The molecule has 0 radical (unpaired) electrons. The molecule has 0 bridgehead atoms. The fraction of sp³-hybridized carbons (Fsp3) is 0. The predicted molar refractivity (Wildman–Crippen MR) is 107 cm³/mol. The van der Waals surface area contributed by atoms with Crippen molar-refractivity contribution in [1.29, 1.82) is 0 Å². The van der Waals surface area contributed by atoms with Crippen LogP contribution in [-0.4, -0.2) is 11.8 Å². The lowest BCUT2D eigenvalue weighted by Gasteiger charge is -2.16. The van der Waals surface area contributed by atoms with E-state index in [-0.39, 0.29) is 22.0 Å². The molecule has 0 atom stereocenters. The number of nitrogens with zero attached hydrogens (tertiary/aromatic N) is 1. The van der Waals surface area contributed by atoms with Crippen molar-refractivity contribution in [2.45, 2.75) is 0 Å². The fourth-order valence-corrected chi connectivity index (χ4v) is 3.28. The van der Waals surface area contributed by atoms with Crippen LogP contribution >= 0.6 is 11.6 Å². The van der Waals surface area contributed by atoms with Gasteiger partial charge >= 0.3 is 0 Å². The van der Waals surface area contributed by atoms with Gasteiger partial charge in [-0.25, -0.2) is 13.7 Å². The van der Waals surface area contributed by atoms with Crippen molar-refractivity contribution in [1.82, 2.24) is 0 Å². The third-order valence-electron chi connectivity index (χ3n) is 4.42. The zero-order valence-corrected chi connectivity index (χ0v) is 15.6. The number of amides is 2. The summed E-state index contributed by atoms with van der Waals surface area (Å²) in [7, 11) is 0. The third kappa shape index (κ3) is 3.50. The highest BCUT2D eigenvalue weighted by Gasteiger charge is 2.41. The van der Waals surface area contributed by atoms with E-state index in [1.165, 1.54) is 48.5 Å². The van der Waals surface area contributed by atoms with Crippen molar-refractivity contribution in [3.05, 3.63) is 101 Å². The smallest absolute Gasteiger partial charge is 0.282 e. The molecule has 1 aliphatic rings. The minimum atomic E-state index is -0.619. The molecule has 0 saturated heterocycles. The summed E-state index contributed by atoms with van der Waals surface area (Å²) in [4.78, 5) is 27.3. The van der Waals surface area contributed by atoms with Gasteiger partial charge in [0.2, 0.25) is 0 Å². The number of anilines is 2. The van der Waals surface area contributed by atoms with Crippen molar-refractivity contribution in [2.75, 3.05) is 10.2 Å². The SMILES string of the molecule is O=C1C(Nc2ccc(F)cc2)=C(c2ccc(F)cc2)C(=O)N1c1ccccc1Cl. The van der Waals surface area contributed by atoms with Crippen LogP contribution in [0.2, 0.25) is 5.02 Å². The number of hydrogen-bond donors (Lipinski definition) is 1. The van der Waals surface area contributed by atoms with Crippen molar-refractivity contribution < 1.29 is 18.4 Å². The molecule has 3 aromatic rings. The Morgan fingerprint density at radius 2 is 1.34 bits per heavy atom. The highest BCUT2D eigenvalue weighted by atomic mass is 35.5. The molecule has 7 heteroatoms. The first-order valence-electron chi connectivity index (χ1n) is 8.62. The van der Waals surface area contributed by atoms with Crippen molar-refractivity contribution in [3.63, 3.8) is 0 Å². The Bertz CT molecular complexity index is 1140. The van der Waals surface area contributed by atoms with E-state index in [1.807, 2.05) is 0 Å². The normalized spacial score (nSPS) is 14.0. The Kier molecular flexibility index (Phi) is 4.86. The van der Waals surface area contributed by atoms with Crippen LogP contribution in [0, 0.1) is 11.6 Å². The van der Waals surface area contributed by atoms with Crippen LogP contribution in [0.15, 0.2) is 78.5 Å². The standard InChI is InChI=1S/C22H13ClF2N2O2/c23-17-3-1-2-4-18(17)27-21(28)19(13-5-7-14(24)8-6-13)20(22(27)29)26-16-11-9-15(25)10-12-16/h1-12,26H. The zero-order chi connectivity index (χ0) is 20.5. The number of hydrogen-bond acceptors (Lipinski definition) is 3. The summed E-state index contributed by atoms with van der Waals surface area (Å²) in [6.07, 6.45) is 0. The predicted octanol–water partition coefficient (Wildman–Crippen LogP) is 5.01. The van der Waals surface area contributed by atoms with Gasteiger partial charge in [0.25, 0.3) is 11.8 Å². The summed E-state index contributed by atoms with van der Waals surface area (Å²) in [5.41, 5.74) is 1.08. The molecule has 1 N–H and O–H groups in total. The lowest BCUT2D eigenvalue weighted by atomic mass is 10.0. The Morgan fingerprint density at radius 3 is 1.97 bits per heavy atom. The minimum Gasteiger partial charge on any atom is -0.350 e. The summed E-state index contributed by atoms with van der Waals surface area (Å²) < 4.78 is 26.6. The molecule has 3 aromatic carbocycles. The number of carbonyl (C=O) groups excluding carboxylic acids is 2. The number of benzene rings is 3. The molecule has 2 amide bonds. The van der Waals surface area contributed by atoms with E-state index >= 15 is 0 Å². The number of carbonyl (C=O) groups is 2. The molecular weight excluding hydrogens is 398 g/mol. The molecule has 0 unspecified atom stereocenters. The maximum Gasteiger partial charge on any atom is 0.282 e. The Morgan fingerprint density at radius 1 is 0.759 bits per heavy atom. The first kappa shape index (κ1) is 18.8. The molecule has 1 heterocycles. The van der Waals surface area contributed by atoms with E-state index < -0.39 is 23.4 Å². The van der Waals surface area contributed by atoms with Gasteiger partial charge in [0, 0.05) is 5.69 Å². The van der Waals surface area contributed by atoms with Crippen LogP contribution in [0.4, 0.5) is 20.2 Å². The number of para-hydroxylation sites is 1. The van der Waals surface area contributed by atoms with E-state index in [0.29, 0.717) is 11.3 Å². The second-order valence-electron chi connectivity index (χ2n) is 6.29. The van der Waals surface area contributed by atoms with Crippen molar-refractivity contribution >= 4 is 40.4 Å². The number of halogens is 3. The second kappa shape index (κ2) is 7.48. The van der Waals surface area contributed by atoms with Gasteiger partial charge in [-0.2, -0.15) is 0 Å². The molecule has 29 heavy (non-hydrogen) atoms. The van der Waals surface area contributed by atoms with Crippen LogP contribution in [0.25, 0.3) is 5.57 Å². The maximum atomic E-state index is 13.4. The van der Waals surface area contributed by atoms with E-state index in [0.717, 1.165) is 4.90 Å². The highest BCUT2D eigenvalue weighted by Crippen LogP contribution is 2.36. The summed E-state index contributed by atoms with van der Waals surface area (Å²) in [6, 6.07) is 17.1. The molecule has 0 aromatic heterocycles. The lowest BCUT2D eigenvalue weighted by Crippen LogP contribution is -2.32. The first-order chi connectivity index (χ1) is 14.0. The van der Waals surface area contributed by atoms with Gasteiger partial charge in [-0.05, 0) is 54.1 Å². The molecule has 0 fully saturated rings. The highest BCUT2D eigenvalue weighted by molar-refractivity contribution is 6.48. The van der Waals surface area contributed by atoms with Crippen LogP contribution in [0.5, 0.6) is 0 Å². The van der Waals surface area contributed by atoms with Gasteiger partial charge in [0.1, 0.15) is 17.3 Å². The molecule has 4 nitrogen and oxygen atoms in total. The Balaban J connectivity index is 1.83. The van der Waals surface area contributed by atoms with Gasteiger partial charge in [-0.3, -0.25) is 9.59 Å². The average molecular weight is 411 g/mol. The van der Waals surface area contributed by atoms with Crippen LogP contribution < -0.4 is 10.2 Å². The van der Waals surface area contributed by atoms with Gasteiger partial charge < -0.3 is 5.32 Å². The zero-order valence-electron chi connectivity index (χ0n) is 14.8. The van der Waals surface area contributed by atoms with Gasteiger partial charge in [0.15, 0.2) is 0 Å². The van der Waals surface area contributed by atoms with Gasteiger partial charge in [-0.15, -0.1) is 0 Å². The molecule has 4 rings (SSSR count). The van der Waals surface area contributed by atoms with E-state index in [1.54, 1.807) is 24.3 Å². The van der Waals surface area contributed by atoms with Crippen LogP contribution in [-0.2, 0) is 9.59 Å². The molecule has 0 spiro atoms. The fourth-order valence-electron chi connectivity index (χ4n) is 3.06. The first-order valence-corrected chi connectivity index (χ1v) is 8.99. The van der Waals surface area contributed by atoms with Crippen molar-refractivity contribution in [2.24, 2.45) is 0 Å². The summed E-state index contributed by atoms with van der Waals surface area (Å²) >= 11 is 6.20. The average Bonchev–Trinajstić information content (AvgIpc) is 2.95. The molecular formula is C22H13ClF2N2O2. The van der Waals surface area contributed by atoms with Crippen LogP contribution in [0.3, 0.4) is 0 Å². The summed E-state index contributed by atoms with van der Waals surface area (Å²) in [6.45, 7) is 0. The molecule has 0 aliphatic carbocycles. The summed E-state index contributed by atoms with van der Waals surface area (Å²) in [5.74, 6) is -2.12. The summed E-state index contributed by atoms with van der Waals surface area (Å²) in [5, 5.41) is 3.13. The van der Waals surface area contributed by atoms with E-state index in [9.17, 15) is 18.4 Å². The topological polar surface area (TPSA) is 49.4 Å². The van der Waals surface area contributed by atoms with Crippen LogP contribution in [0.1, 0.15) is 5.56 Å². The largest absolute Gasteiger partial charge is 0.350 e. The van der Waals surface area contributed by atoms with Gasteiger partial charge in [-0.1, -0.05) is 35.9 Å². The number of imide groups is 1. The molecule has 144 valence electrons. The third-order valence-corrected chi connectivity index (χ3v) is 4.74. The Labute approximate surface area is 170 Å². The quantitative estimate of drug-likeness (QED) is 0.615. The number of nitrogens with one attached hydrogen (secondary N) is 1. The minimum absolute atomic E-state index is 0.00636. The molecule has 0 saturated carbocycles. The Hall–Kier alpha value is -3.51. The van der Waals surface area contributed by atoms with E-state index in [2.05, 4.69) is 5.32 Å².